The molecule has 0 aliphatic heterocycles. The zero-order valence-electron chi connectivity index (χ0n) is 18.8. The zero-order chi connectivity index (χ0) is 22.4. The third-order valence-electron chi connectivity index (χ3n) is 5.20. The molecule has 1 unspecified atom stereocenters. The standard InChI is InChI=1S/C26H30N2O2/c1-8-13-30-22-12-9-17(4)26(28-7)25(22)24(23(16(2)3)19(6)29)21-11-10-20(15-27)14-18(21)5/h9-12,14,24H,7-8,13H2,1-6H3. The van der Waals surface area contributed by atoms with Gasteiger partial charge in [-0.3, -0.25) is 9.79 Å². The van der Waals surface area contributed by atoms with Gasteiger partial charge in [0.05, 0.1) is 23.9 Å². The molecule has 0 N–H and O–H groups in total. The number of Topliss-reactive ketones (excluding diaryl/α,β-unsaturated/α-hetero) is 1. The van der Waals surface area contributed by atoms with Gasteiger partial charge in [0.1, 0.15) is 5.75 Å². The van der Waals surface area contributed by atoms with Crippen LogP contribution in [-0.4, -0.2) is 19.1 Å². The third-order valence-corrected chi connectivity index (χ3v) is 5.20. The quantitative estimate of drug-likeness (QED) is 0.381. The van der Waals surface area contributed by atoms with Crippen molar-refractivity contribution < 1.29 is 9.53 Å². The minimum absolute atomic E-state index is 0.00159. The van der Waals surface area contributed by atoms with E-state index in [2.05, 4.69) is 24.7 Å². The summed E-state index contributed by atoms with van der Waals surface area (Å²) in [7, 11) is 0. The van der Waals surface area contributed by atoms with E-state index in [1.165, 1.54) is 0 Å². The van der Waals surface area contributed by atoms with Crippen molar-refractivity contribution in [2.75, 3.05) is 6.61 Å². The summed E-state index contributed by atoms with van der Waals surface area (Å²) in [5.41, 5.74) is 6.68. The fourth-order valence-electron chi connectivity index (χ4n) is 3.89. The number of nitrogens with zero attached hydrogens (tertiary/aromatic N) is 2. The first kappa shape index (κ1) is 23.1. The van der Waals surface area contributed by atoms with E-state index >= 15 is 0 Å². The first-order chi connectivity index (χ1) is 14.3. The van der Waals surface area contributed by atoms with E-state index in [-0.39, 0.29) is 11.7 Å². The number of carbonyl (C=O) groups is 1. The number of aryl methyl sites for hydroxylation is 2. The zero-order valence-corrected chi connectivity index (χ0v) is 18.8. The average Bonchev–Trinajstić information content (AvgIpc) is 2.70. The molecule has 0 saturated heterocycles. The Morgan fingerprint density at radius 1 is 1.17 bits per heavy atom. The Balaban J connectivity index is 2.97. The second-order valence-corrected chi connectivity index (χ2v) is 7.74. The highest BCUT2D eigenvalue weighted by molar-refractivity contribution is 5.97. The summed E-state index contributed by atoms with van der Waals surface area (Å²) in [6, 6.07) is 11.7. The van der Waals surface area contributed by atoms with Crippen LogP contribution in [0, 0.1) is 25.2 Å². The van der Waals surface area contributed by atoms with Crippen LogP contribution in [0.15, 0.2) is 46.5 Å². The SMILES string of the molecule is C=Nc1c(C)ccc(OCCC)c1C(C(C(C)=O)=C(C)C)c1ccc(C#N)cc1C. The van der Waals surface area contributed by atoms with E-state index in [0.29, 0.717) is 23.5 Å². The monoisotopic (exact) mass is 402 g/mol. The summed E-state index contributed by atoms with van der Waals surface area (Å²) in [5.74, 6) is 0.341. The summed E-state index contributed by atoms with van der Waals surface area (Å²) in [6.45, 7) is 15.9. The number of ketones is 1. The highest BCUT2D eigenvalue weighted by Gasteiger charge is 2.30. The van der Waals surface area contributed by atoms with Gasteiger partial charge in [0, 0.05) is 17.1 Å². The van der Waals surface area contributed by atoms with Gasteiger partial charge in [-0.25, -0.2) is 0 Å². The molecule has 0 heterocycles. The van der Waals surface area contributed by atoms with Crippen molar-refractivity contribution >= 4 is 18.2 Å². The number of benzene rings is 2. The van der Waals surface area contributed by atoms with Gasteiger partial charge in [0.25, 0.3) is 0 Å². The highest BCUT2D eigenvalue weighted by atomic mass is 16.5. The summed E-state index contributed by atoms with van der Waals surface area (Å²) < 4.78 is 6.11. The molecule has 0 bridgehead atoms. The molecule has 2 rings (SSSR count). The maximum absolute atomic E-state index is 12.8. The van der Waals surface area contributed by atoms with Gasteiger partial charge in [0.15, 0.2) is 5.78 Å². The Morgan fingerprint density at radius 3 is 2.37 bits per heavy atom. The van der Waals surface area contributed by atoms with Gasteiger partial charge in [-0.2, -0.15) is 5.26 Å². The van der Waals surface area contributed by atoms with Crippen molar-refractivity contribution in [2.45, 2.75) is 53.9 Å². The Kier molecular flexibility index (Phi) is 7.72. The Hall–Kier alpha value is -3.19. The highest BCUT2D eigenvalue weighted by Crippen LogP contribution is 2.46. The molecule has 156 valence electrons. The molecule has 2 aromatic rings. The predicted molar refractivity (Wildman–Crippen MR) is 123 cm³/mol. The third kappa shape index (κ3) is 4.68. The normalized spacial score (nSPS) is 11.4. The average molecular weight is 403 g/mol. The maximum atomic E-state index is 12.8. The first-order valence-corrected chi connectivity index (χ1v) is 10.2. The Morgan fingerprint density at radius 2 is 1.87 bits per heavy atom. The molecule has 0 saturated carbocycles. The van der Waals surface area contributed by atoms with Crippen LogP contribution in [-0.2, 0) is 4.79 Å². The largest absolute Gasteiger partial charge is 0.493 e. The van der Waals surface area contributed by atoms with Crippen LogP contribution < -0.4 is 4.74 Å². The van der Waals surface area contributed by atoms with Crippen molar-refractivity contribution in [3.63, 3.8) is 0 Å². The van der Waals surface area contributed by atoms with Crippen molar-refractivity contribution in [2.24, 2.45) is 4.99 Å². The number of rotatable bonds is 8. The minimum Gasteiger partial charge on any atom is -0.493 e. The molecule has 1 atom stereocenters. The molecule has 0 spiro atoms. The van der Waals surface area contributed by atoms with E-state index in [0.717, 1.165) is 39.9 Å². The summed E-state index contributed by atoms with van der Waals surface area (Å²) in [5, 5.41) is 9.30. The fraction of sp³-hybridized carbons (Fsp3) is 0.346. The molecular weight excluding hydrogens is 372 g/mol. The fourth-order valence-corrected chi connectivity index (χ4v) is 3.89. The van der Waals surface area contributed by atoms with E-state index < -0.39 is 0 Å². The minimum atomic E-state index is -0.368. The first-order valence-electron chi connectivity index (χ1n) is 10.2. The van der Waals surface area contributed by atoms with Gasteiger partial charge >= 0.3 is 0 Å². The van der Waals surface area contributed by atoms with Gasteiger partial charge in [-0.15, -0.1) is 0 Å². The lowest BCUT2D eigenvalue weighted by molar-refractivity contribution is -0.113. The predicted octanol–water partition coefficient (Wildman–Crippen LogP) is 6.35. The Labute approximate surface area is 179 Å². The lowest BCUT2D eigenvalue weighted by Gasteiger charge is -2.27. The second kappa shape index (κ2) is 10.0. The number of hydrogen-bond acceptors (Lipinski definition) is 4. The molecule has 0 amide bonds. The molecule has 2 aromatic carbocycles. The van der Waals surface area contributed by atoms with Crippen LogP contribution in [0.1, 0.15) is 67.9 Å². The van der Waals surface area contributed by atoms with E-state index in [9.17, 15) is 10.1 Å². The number of hydrogen-bond donors (Lipinski definition) is 0. The molecule has 0 fully saturated rings. The molecule has 30 heavy (non-hydrogen) atoms. The van der Waals surface area contributed by atoms with Crippen molar-refractivity contribution in [1.29, 1.82) is 5.26 Å². The van der Waals surface area contributed by atoms with Gasteiger partial charge in [0.2, 0.25) is 0 Å². The molecule has 0 radical (unpaired) electrons. The van der Waals surface area contributed by atoms with Gasteiger partial charge in [-0.1, -0.05) is 24.6 Å². The number of aliphatic imine (C=N–C) groups is 1. The lowest BCUT2D eigenvalue weighted by Crippen LogP contribution is -2.16. The summed E-state index contributed by atoms with van der Waals surface area (Å²) in [6.07, 6.45) is 0.868. The number of ether oxygens (including phenoxy) is 1. The van der Waals surface area contributed by atoms with Crippen molar-refractivity contribution in [1.82, 2.24) is 0 Å². The van der Waals surface area contributed by atoms with Crippen LogP contribution in [0.4, 0.5) is 5.69 Å². The summed E-state index contributed by atoms with van der Waals surface area (Å²) >= 11 is 0. The molecule has 0 aromatic heterocycles. The van der Waals surface area contributed by atoms with Gasteiger partial charge in [-0.05, 0) is 82.6 Å². The molecular formula is C26H30N2O2. The number of carbonyl (C=O) groups excluding carboxylic acids is 1. The van der Waals surface area contributed by atoms with Crippen molar-refractivity contribution in [3.8, 4) is 11.8 Å². The van der Waals surface area contributed by atoms with Crippen LogP contribution in [0.5, 0.6) is 5.75 Å². The van der Waals surface area contributed by atoms with Crippen molar-refractivity contribution in [3.05, 3.63) is 69.3 Å². The lowest BCUT2D eigenvalue weighted by atomic mass is 9.77. The number of allylic oxidation sites excluding steroid dienone is 2. The second-order valence-electron chi connectivity index (χ2n) is 7.74. The summed E-state index contributed by atoms with van der Waals surface area (Å²) in [4.78, 5) is 17.2. The topological polar surface area (TPSA) is 62.4 Å². The van der Waals surface area contributed by atoms with Crippen LogP contribution in [0.2, 0.25) is 0 Å². The van der Waals surface area contributed by atoms with Crippen LogP contribution in [0.25, 0.3) is 0 Å². The molecule has 0 aliphatic rings. The Bertz CT molecular complexity index is 1040. The van der Waals surface area contributed by atoms with E-state index in [1.54, 1.807) is 13.0 Å². The number of nitriles is 1. The molecule has 4 heteroatoms. The van der Waals surface area contributed by atoms with Crippen LogP contribution in [0.3, 0.4) is 0 Å². The van der Waals surface area contributed by atoms with E-state index in [4.69, 9.17) is 4.74 Å². The molecule has 4 nitrogen and oxygen atoms in total. The maximum Gasteiger partial charge on any atom is 0.156 e. The van der Waals surface area contributed by atoms with E-state index in [1.807, 2.05) is 52.0 Å². The van der Waals surface area contributed by atoms with Crippen LogP contribution >= 0.6 is 0 Å². The molecule has 0 aliphatic carbocycles. The smallest absolute Gasteiger partial charge is 0.156 e. The van der Waals surface area contributed by atoms with Gasteiger partial charge < -0.3 is 4.74 Å².